The van der Waals surface area contributed by atoms with Gasteiger partial charge in [-0.3, -0.25) is 4.79 Å². The number of hydrogen-bond donors (Lipinski definition) is 1. The van der Waals surface area contributed by atoms with Gasteiger partial charge in [0.05, 0.1) is 17.6 Å². The Morgan fingerprint density at radius 3 is 2.48 bits per heavy atom. The zero-order chi connectivity index (χ0) is 22.6. The normalized spacial score (nSPS) is 14.9. The van der Waals surface area contributed by atoms with Crippen molar-refractivity contribution in [2.24, 2.45) is 0 Å². The Morgan fingerprint density at radius 1 is 0.970 bits per heavy atom. The van der Waals surface area contributed by atoms with Gasteiger partial charge in [0.25, 0.3) is 0 Å². The number of anilines is 2. The van der Waals surface area contributed by atoms with E-state index in [4.69, 9.17) is 0 Å². The standard InChI is InChI=1S/C24H26N8O/c1-18(19-7-3-2-4-8-19)29-22(33)16-32-24-20(15-28-32)23(26-17-27-24)31-13-11-30(12-14-31)21-9-5-6-10-25-21/h2-10,15,17-18H,11-14,16H2,1H3,(H,29,33)/t18-/m0/s1. The predicted molar refractivity (Wildman–Crippen MR) is 127 cm³/mol. The van der Waals surface area contributed by atoms with Gasteiger partial charge in [0, 0.05) is 32.4 Å². The molecule has 0 saturated carbocycles. The van der Waals surface area contributed by atoms with Gasteiger partial charge in [-0.2, -0.15) is 5.10 Å². The summed E-state index contributed by atoms with van der Waals surface area (Å²) in [6.45, 7) is 5.43. The fourth-order valence-electron chi connectivity index (χ4n) is 4.18. The van der Waals surface area contributed by atoms with E-state index in [1.807, 2.05) is 61.7 Å². The maximum Gasteiger partial charge on any atom is 0.242 e. The highest BCUT2D eigenvalue weighted by Crippen LogP contribution is 2.24. The fraction of sp³-hybridized carbons (Fsp3) is 0.292. The molecule has 4 heterocycles. The molecule has 1 fully saturated rings. The third-order valence-electron chi connectivity index (χ3n) is 5.94. The zero-order valence-corrected chi connectivity index (χ0v) is 18.5. The van der Waals surface area contributed by atoms with Gasteiger partial charge in [0.2, 0.25) is 5.91 Å². The van der Waals surface area contributed by atoms with Crippen LogP contribution in [0.4, 0.5) is 11.6 Å². The van der Waals surface area contributed by atoms with Crippen LogP contribution in [0.15, 0.2) is 67.3 Å². The van der Waals surface area contributed by atoms with Crippen LogP contribution in [0, 0.1) is 0 Å². The van der Waals surface area contributed by atoms with E-state index < -0.39 is 0 Å². The number of benzene rings is 1. The highest BCUT2D eigenvalue weighted by Gasteiger charge is 2.22. The number of fused-ring (bicyclic) bond motifs is 1. The number of carbonyl (C=O) groups excluding carboxylic acids is 1. The molecule has 1 aliphatic heterocycles. The molecular weight excluding hydrogens is 416 g/mol. The highest BCUT2D eigenvalue weighted by molar-refractivity contribution is 5.88. The number of aromatic nitrogens is 5. The number of hydrogen-bond acceptors (Lipinski definition) is 7. The minimum atomic E-state index is -0.111. The summed E-state index contributed by atoms with van der Waals surface area (Å²) >= 11 is 0. The molecule has 0 unspecified atom stereocenters. The lowest BCUT2D eigenvalue weighted by atomic mass is 10.1. The number of pyridine rings is 1. The van der Waals surface area contributed by atoms with Crippen molar-refractivity contribution in [1.29, 1.82) is 0 Å². The first-order chi connectivity index (χ1) is 16.2. The molecule has 0 bridgehead atoms. The van der Waals surface area contributed by atoms with Crippen molar-refractivity contribution in [3.05, 3.63) is 72.8 Å². The van der Waals surface area contributed by atoms with Crippen LogP contribution >= 0.6 is 0 Å². The number of amides is 1. The lowest BCUT2D eigenvalue weighted by Gasteiger charge is -2.36. The van der Waals surface area contributed by atoms with Crippen molar-refractivity contribution < 1.29 is 4.79 Å². The van der Waals surface area contributed by atoms with E-state index in [2.05, 4.69) is 35.2 Å². The quantitative estimate of drug-likeness (QED) is 0.490. The van der Waals surface area contributed by atoms with Gasteiger partial charge in [-0.25, -0.2) is 19.6 Å². The Bertz CT molecular complexity index is 1220. The molecule has 0 aliphatic carbocycles. The van der Waals surface area contributed by atoms with Gasteiger partial charge in [-0.1, -0.05) is 36.4 Å². The van der Waals surface area contributed by atoms with Crippen LogP contribution < -0.4 is 15.1 Å². The molecule has 5 rings (SSSR count). The second-order valence-electron chi connectivity index (χ2n) is 8.10. The summed E-state index contributed by atoms with van der Waals surface area (Å²) in [5, 5.41) is 8.33. The molecule has 0 radical (unpaired) electrons. The number of carbonyl (C=O) groups is 1. The van der Waals surface area contributed by atoms with E-state index in [0.29, 0.717) is 5.65 Å². The molecule has 9 heteroatoms. The molecule has 0 spiro atoms. The topological polar surface area (TPSA) is 92.1 Å². The fourth-order valence-corrected chi connectivity index (χ4v) is 4.18. The average molecular weight is 443 g/mol. The molecular formula is C24H26N8O. The van der Waals surface area contributed by atoms with E-state index in [1.165, 1.54) is 0 Å². The molecule has 1 N–H and O–H groups in total. The van der Waals surface area contributed by atoms with E-state index in [1.54, 1.807) is 17.2 Å². The molecule has 1 saturated heterocycles. The van der Waals surface area contributed by atoms with Gasteiger partial charge in [-0.15, -0.1) is 0 Å². The summed E-state index contributed by atoms with van der Waals surface area (Å²) in [5.74, 6) is 1.74. The number of nitrogens with zero attached hydrogens (tertiary/aromatic N) is 7. The number of nitrogens with one attached hydrogen (secondary N) is 1. The van der Waals surface area contributed by atoms with Gasteiger partial charge >= 0.3 is 0 Å². The van der Waals surface area contributed by atoms with Crippen LogP contribution in [0.25, 0.3) is 11.0 Å². The highest BCUT2D eigenvalue weighted by atomic mass is 16.2. The van der Waals surface area contributed by atoms with E-state index in [0.717, 1.165) is 48.8 Å². The van der Waals surface area contributed by atoms with Gasteiger partial charge in [0.15, 0.2) is 5.65 Å². The molecule has 3 aromatic heterocycles. The minimum Gasteiger partial charge on any atom is -0.353 e. The first kappa shape index (κ1) is 20.9. The predicted octanol–water partition coefficient (Wildman–Crippen LogP) is 2.43. The van der Waals surface area contributed by atoms with E-state index in [-0.39, 0.29) is 18.5 Å². The Labute approximate surface area is 192 Å². The van der Waals surface area contributed by atoms with E-state index >= 15 is 0 Å². The largest absolute Gasteiger partial charge is 0.353 e. The van der Waals surface area contributed by atoms with Gasteiger partial charge < -0.3 is 15.1 Å². The lowest BCUT2D eigenvalue weighted by Crippen LogP contribution is -2.47. The smallest absolute Gasteiger partial charge is 0.242 e. The van der Waals surface area contributed by atoms with Gasteiger partial charge in [0.1, 0.15) is 24.5 Å². The summed E-state index contributed by atoms with van der Waals surface area (Å²) < 4.78 is 1.64. The van der Waals surface area contributed by atoms with Gasteiger partial charge in [-0.05, 0) is 24.6 Å². The van der Waals surface area contributed by atoms with Crippen molar-refractivity contribution in [2.45, 2.75) is 19.5 Å². The summed E-state index contributed by atoms with van der Waals surface area (Å²) in [5.41, 5.74) is 1.72. The van der Waals surface area contributed by atoms with Crippen LogP contribution in [0.5, 0.6) is 0 Å². The summed E-state index contributed by atoms with van der Waals surface area (Å²) in [7, 11) is 0. The van der Waals surface area contributed by atoms with Crippen molar-refractivity contribution >= 4 is 28.6 Å². The second-order valence-corrected chi connectivity index (χ2v) is 8.10. The molecule has 1 amide bonds. The SMILES string of the molecule is C[C@H](NC(=O)Cn1ncc2c(N3CCN(c4ccccn4)CC3)ncnc21)c1ccccc1. The molecule has 33 heavy (non-hydrogen) atoms. The lowest BCUT2D eigenvalue weighted by molar-refractivity contribution is -0.122. The summed E-state index contributed by atoms with van der Waals surface area (Å²) in [4.78, 5) is 30.6. The van der Waals surface area contributed by atoms with Crippen LogP contribution in [0.2, 0.25) is 0 Å². The van der Waals surface area contributed by atoms with E-state index in [9.17, 15) is 4.79 Å². The third kappa shape index (κ3) is 4.48. The Morgan fingerprint density at radius 2 is 1.73 bits per heavy atom. The first-order valence-corrected chi connectivity index (χ1v) is 11.1. The average Bonchev–Trinajstić information content (AvgIpc) is 3.28. The monoisotopic (exact) mass is 442 g/mol. The maximum absolute atomic E-state index is 12.7. The second kappa shape index (κ2) is 9.23. The minimum absolute atomic E-state index is 0.0823. The van der Waals surface area contributed by atoms with Crippen LogP contribution in [-0.4, -0.2) is 56.8 Å². The van der Waals surface area contributed by atoms with Crippen molar-refractivity contribution in [3.8, 4) is 0 Å². The first-order valence-electron chi connectivity index (χ1n) is 11.1. The van der Waals surface area contributed by atoms with Crippen LogP contribution in [0.1, 0.15) is 18.5 Å². The molecule has 168 valence electrons. The summed E-state index contributed by atoms with van der Waals surface area (Å²) in [6.07, 6.45) is 5.12. The maximum atomic E-state index is 12.7. The Balaban J connectivity index is 1.27. The van der Waals surface area contributed by atoms with Crippen molar-refractivity contribution in [3.63, 3.8) is 0 Å². The van der Waals surface area contributed by atoms with Crippen LogP contribution in [0.3, 0.4) is 0 Å². The molecule has 1 atom stereocenters. The number of piperazine rings is 1. The van der Waals surface area contributed by atoms with Crippen molar-refractivity contribution in [1.82, 2.24) is 30.0 Å². The third-order valence-corrected chi connectivity index (χ3v) is 5.94. The Hall–Kier alpha value is -4.01. The molecule has 1 aromatic carbocycles. The molecule has 1 aliphatic rings. The Kier molecular flexibility index (Phi) is 5.84. The van der Waals surface area contributed by atoms with Crippen LogP contribution in [-0.2, 0) is 11.3 Å². The van der Waals surface area contributed by atoms with Crippen molar-refractivity contribution in [2.75, 3.05) is 36.0 Å². The zero-order valence-electron chi connectivity index (χ0n) is 18.5. The molecule has 4 aromatic rings. The number of rotatable bonds is 6. The summed E-state index contributed by atoms with van der Waals surface area (Å²) in [6, 6.07) is 15.8. The molecule has 9 nitrogen and oxygen atoms in total.